The van der Waals surface area contributed by atoms with Gasteiger partial charge in [0.2, 0.25) is 0 Å². The SMILES string of the molecule is O=C(Nc1ccc(C(F)(F)F)cc1)N1CC(n2cc(C3CC3)nn2)C1. The summed E-state index contributed by atoms with van der Waals surface area (Å²) in [5.41, 5.74) is 0.595. The van der Waals surface area contributed by atoms with Crippen LogP contribution in [0.25, 0.3) is 0 Å². The van der Waals surface area contributed by atoms with E-state index < -0.39 is 11.7 Å². The van der Waals surface area contributed by atoms with Crippen molar-refractivity contribution in [3.63, 3.8) is 0 Å². The Kier molecular flexibility index (Phi) is 3.66. The van der Waals surface area contributed by atoms with Gasteiger partial charge in [0.15, 0.2) is 0 Å². The lowest BCUT2D eigenvalue weighted by Gasteiger charge is -2.38. The van der Waals surface area contributed by atoms with Crippen molar-refractivity contribution < 1.29 is 18.0 Å². The van der Waals surface area contributed by atoms with E-state index in [4.69, 9.17) is 0 Å². The van der Waals surface area contributed by atoms with Crippen LogP contribution < -0.4 is 5.32 Å². The van der Waals surface area contributed by atoms with Gasteiger partial charge in [0.05, 0.1) is 17.3 Å². The molecule has 0 atom stereocenters. The molecular formula is C16H16F3N5O. The van der Waals surface area contributed by atoms with E-state index in [1.165, 1.54) is 12.1 Å². The van der Waals surface area contributed by atoms with Gasteiger partial charge in [-0.05, 0) is 37.1 Å². The van der Waals surface area contributed by atoms with Crippen molar-refractivity contribution in [2.24, 2.45) is 0 Å². The molecule has 0 unspecified atom stereocenters. The van der Waals surface area contributed by atoms with Gasteiger partial charge in [-0.1, -0.05) is 5.21 Å². The number of carbonyl (C=O) groups excluding carboxylic acids is 1. The Balaban J connectivity index is 1.30. The molecule has 0 spiro atoms. The number of urea groups is 1. The maximum absolute atomic E-state index is 12.5. The summed E-state index contributed by atoms with van der Waals surface area (Å²) in [7, 11) is 0. The van der Waals surface area contributed by atoms with Crippen molar-refractivity contribution in [3.8, 4) is 0 Å². The molecule has 0 bridgehead atoms. The average Bonchev–Trinajstić information content (AvgIpc) is 3.25. The quantitative estimate of drug-likeness (QED) is 0.923. The monoisotopic (exact) mass is 351 g/mol. The topological polar surface area (TPSA) is 63.1 Å². The summed E-state index contributed by atoms with van der Waals surface area (Å²) in [5.74, 6) is 0.535. The number of aromatic nitrogens is 3. The molecule has 2 aromatic rings. The number of nitrogens with one attached hydrogen (secondary N) is 1. The zero-order valence-electron chi connectivity index (χ0n) is 13.2. The van der Waals surface area contributed by atoms with E-state index in [0.717, 1.165) is 30.7 Å². The number of nitrogens with zero attached hydrogens (tertiary/aromatic N) is 4. The Morgan fingerprint density at radius 1 is 1.16 bits per heavy atom. The summed E-state index contributed by atoms with van der Waals surface area (Å²) < 4.78 is 39.4. The fourth-order valence-electron chi connectivity index (χ4n) is 2.77. The van der Waals surface area contributed by atoms with Crippen LogP contribution in [0.3, 0.4) is 0 Å². The van der Waals surface area contributed by atoms with Crippen molar-refractivity contribution in [2.75, 3.05) is 18.4 Å². The van der Waals surface area contributed by atoms with Crippen molar-refractivity contribution in [1.29, 1.82) is 0 Å². The molecule has 1 aromatic carbocycles. The second-order valence-electron chi connectivity index (χ2n) is 6.46. The first kappa shape index (κ1) is 15.9. The molecule has 2 heterocycles. The highest BCUT2D eigenvalue weighted by Crippen LogP contribution is 2.39. The molecule has 1 aliphatic heterocycles. The first-order valence-electron chi connectivity index (χ1n) is 8.05. The number of likely N-dealkylation sites (tertiary alicyclic amines) is 1. The van der Waals surface area contributed by atoms with Crippen LogP contribution in [0.5, 0.6) is 0 Å². The van der Waals surface area contributed by atoms with Crippen molar-refractivity contribution in [2.45, 2.75) is 31.0 Å². The minimum Gasteiger partial charge on any atom is -0.320 e. The normalized spacial score (nSPS) is 18.1. The van der Waals surface area contributed by atoms with E-state index in [1.807, 2.05) is 6.20 Å². The Labute approximate surface area is 141 Å². The average molecular weight is 351 g/mol. The summed E-state index contributed by atoms with van der Waals surface area (Å²) in [5, 5.41) is 10.9. The highest BCUT2D eigenvalue weighted by atomic mass is 19.4. The van der Waals surface area contributed by atoms with Gasteiger partial charge in [-0.3, -0.25) is 0 Å². The third kappa shape index (κ3) is 3.31. The lowest BCUT2D eigenvalue weighted by atomic mass is 10.1. The summed E-state index contributed by atoms with van der Waals surface area (Å²) in [4.78, 5) is 13.7. The maximum atomic E-state index is 12.5. The molecule has 132 valence electrons. The van der Waals surface area contributed by atoms with Crippen molar-refractivity contribution in [3.05, 3.63) is 41.7 Å². The molecule has 9 heteroatoms. The van der Waals surface area contributed by atoms with Crippen LogP contribution in [-0.4, -0.2) is 39.0 Å². The summed E-state index contributed by atoms with van der Waals surface area (Å²) in [6.45, 7) is 1.000. The summed E-state index contributed by atoms with van der Waals surface area (Å²) in [6, 6.07) is 4.15. The second kappa shape index (κ2) is 5.75. The molecule has 2 fully saturated rings. The number of hydrogen-bond donors (Lipinski definition) is 1. The minimum atomic E-state index is -4.38. The zero-order chi connectivity index (χ0) is 17.6. The minimum absolute atomic E-state index is 0.0957. The fourth-order valence-corrected chi connectivity index (χ4v) is 2.77. The van der Waals surface area contributed by atoms with Crippen LogP contribution in [-0.2, 0) is 6.18 Å². The number of carbonyl (C=O) groups is 1. The lowest BCUT2D eigenvalue weighted by molar-refractivity contribution is -0.137. The van der Waals surface area contributed by atoms with Gasteiger partial charge in [-0.25, -0.2) is 9.48 Å². The second-order valence-corrected chi connectivity index (χ2v) is 6.46. The first-order chi connectivity index (χ1) is 11.9. The summed E-state index contributed by atoms with van der Waals surface area (Å²) in [6.07, 6.45) is -0.131. The van der Waals surface area contributed by atoms with Gasteiger partial charge in [-0.15, -0.1) is 5.10 Å². The predicted molar refractivity (Wildman–Crippen MR) is 83.1 cm³/mol. The highest BCUT2D eigenvalue weighted by Gasteiger charge is 2.35. The molecule has 1 N–H and O–H groups in total. The number of amides is 2. The van der Waals surface area contributed by atoms with Crippen LogP contribution in [0, 0.1) is 0 Å². The van der Waals surface area contributed by atoms with Gasteiger partial charge in [0.1, 0.15) is 0 Å². The van der Waals surface area contributed by atoms with Gasteiger partial charge in [0, 0.05) is 30.9 Å². The molecule has 2 aliphatic rings. The fraction of sp³-hybridized carbons (Fsp3) is 0.438. The Morgan fingerprint density at radius 2 is 1.84 bits per heavy atom. The number of benzene rings is 1. The van der Waals surface area contributed by atoms with Gasteiger partial charge < -0.3 is 10.2 Å². The van der Waals surface area contributed by atoms with Gasteiger partial charge in [0.25, 0.3) is 0 Å². The third-order valence-corrected chi connectivity index (χ3v) is 4.51. The standard InChI is InChI=1S/C16H16F3N5O/c17-16(18,19)11-3-5-12(6-4-11)20-15(25)23-7-13(8-23)24-9-14(21-22-24)10-1-2-10/h3-6,9-10,13H,1-2,7-8H2,(H,20,25). The Morgan fingerprint density at radius 3 is 2.44 bits per heavy atom. The molecule has 1 aliphatic carbocycles. The molecule has 1 aromatic heterocycles. The van der Waals surface area contributed by atoms with Crippen LogP contribution in [0.15, 0.2) is 30.5 Å². The van der Waals surface area contributed by atoms with Crippen LogP contribution in [0.4, 0.5) is 23.7 Å². The maximum Gasteiger partial charge on any atom is 0.416 e. The number of rotatable bonds is 3. The van der Waals surface area contributed by atoms with Crippen molar-refractivity contribution >= 4 is 11.7 Å². The lowest BCUT2D eigenvalue weighted by Crippen LogP contribution is -2.52. The number of alkyl halides is 3. The Bertz CT molecular complexity index is 776. The molecule has 4 rings (SSSR count). The first-order valence-corrected chi connectivity index (χ1v) is 8.05. The zero-order valence-corrected chi connectivity index (χ0v) is 13.2. The van der Waals surface area contributed by atoms with E-state index in [2.05, 4.69) is 15.6 Å². The highest BCUT2D eigenvalue weighted by molar-refractivity contribution is 5.89. The third-order valence-electron chi connectivity index (χ3n) is 4.51. The largest absolute Gasteiger partial charge is 0.416 e. The number of hydrogen-bond acceptors (Lipinski definition) is 3. The smallest absolute Gasteiger partial charge is 0.320 e. The van der Waals surface area contributed by atoms with E-state index in [1.54, 1.807) is 9.58 Å². The molecule has 1 saturated carbocycles. The van der Waals surface area contributed by atoms with E-state index >= 15 is 0 Å². The molecule has 6 nitrogen and oxygen atoms in total. The summed E-state index contributed by atoms with van der Waals surface area (Å²) >= 11 is 0. The van der Waals surface area contributed by atoms with Crippen molar-refractivity contribution in [1.82, 2.24) is 19.9 Å². The van der Waals surface area contributed by atoms with Gasteiger partial charge >= 0.3 is 12.2 Å². The van der Waals surface area contributed by atoms with Gasteiger partial charge in [-0.2, -0.15) is 13.2 Å². The van der Waals surface area contributed by atoms with Crippen LogP contribution >= 0.6 is 0 Å². The number of anilines is 1. The molecular weight excluding hydrogens is 335 g/mol. The van der Waals surface area contributed by atoms with Crippen LogP contribution in [0.2, 0.25) is 0 Å². The molecule has 25 heavy (non-hydrogen) atoms. The molecule has 1 saturated heterocycles. The van der Waals surface area contributed by atoms with Crippen LogP contribution in [0.1, 0.15) is 36.1 Å². The number of halogens is 3. The van der Waals surface area contributed by atoms with E-state index in [-0.39, 0.29) is 12.1 Å². The van der Waals surface area contributed by atoms with E-state index in [0.29, 0.717) is 24.7 Å². The van der Waals surface area contributed by atoms with E-state index in [9.17, 15) is 18.0 Å². The predicted octanol–water partition coefficient (Wildman–Crippen LogP) is 3.26. The molecule has 2 amide bonds. The Hall–Kier alpha value is -2.58. The molecule has 0 radical (unpaired) electrons.